The molecule has 0 fully saturated rings. The fourth-order valence-corrected chi connectivity index (χ4v) is 1.02. The van der Waals surface area contributed by atoms with Gasteiger partial charge in [0, 0.05) is 12.4 Å². The van der Waals surface area contributed by atoms with Gasteiger partial charge in [0.25, 0.3) is 5.91 Å². The molecule has 0 unspecified atom stereocenters. The summed E-state index contributed by atoms with van der Waals surface area (Å²) in [6, 6.07) is 2.99. The molecule has 0 radical (unpaired) electrons. The summed E-state index contributed by atoms with van der Waals surface area (Å²) in [7, 11) is 0. The minimum Gasteiger partial charge on any atom is -0.345 e. The van der Waals surface area contributed by atoms with Crippen molar-refractivity contribution in [3.05, 3.63) is 30.1 Å². The van der Waals surface area contributed by atoms with E-state index in [-0.39, 0.29) is 5.56 Å². The molecule has 0 atom stereocenters. The highest BCUT2D eigenvalue weighted by Crippen LogP contribution is 2.11. The summed E-state index contributed by atoms with van der Waals surface area (Å²) < 4.78 is 35.3. The lowest BCUT2D eigenvalue weighted by Crippen LogP contribution is -2.40. The lowest BCUT2D eigenvalue weighted by atomic mass is 10.3. The van der Waals surface area contributed by atoms with E-state index in [1.165, 1.54) is 24.5 Å². The van der Waals surface area contributed by atoms with Crippen LogP contribution in [-0.4, -0.2) is 36.1 Å². The number of aromatic nitrogens is 1. The lowest BCUT2D eigenvalue weighted by molar-refractivity contribution is -0.137. The largest absolute Gasteiger partial charge is 0.405 e. The molecule has 0 spiro atoms. The zero-order chi connectivity index (χ0) is 13.6. The number of rotatable bonds is 4. The van der Waals surface area contributed by atoms with Gasteiger partial charge in [0.1, 0.15) is 6.54 Å². The van der Waals surface area contributed by atoms with Crippen LogP contribution >= 0.6 is 0 Å². The number of carbonyl (C=O) groups excluding carboxylic acids is 2. The number of nitrogens with zero attached hydrogens (tertiary/aromatic N) is 1. The van der Waals surface area contributed by atoms with Gasteiger partial charge in [-0.15, -0.1) is 0 Å². The van der Waals surface area contributed by atoms with Gasteiger partial charge in [0.15, 0.2) is 0 Å². The molecule has 18 heavy (non-hydrogen) atoms. The smallest absolute Gasteiger partial charge is 0.345 e. The highest BCUT2D eigenvalue weighted by Gasteiger charge is 2.27. The van der Waals surface area contributed by atoms with Crippen LogP contribution in [0.4, 0.5) is 13.2 Å². The topological polar surface area (TPSA) is 71.1 Å². The molecule has 5 nitrogen and oxygen atoms in total. The molecule has 0 bridgehead atoms. The molecule has 2 amide bonds. The average molecular weight is 261 g/mol. The van der Waals surface area contributed by atoms with Gasteiger partial charge in [-0.3, -0.25) is 14.6 Å². The third kappa shape index (κ3) is 5.28. The first-order valence-electron chi connectivity index (χ1n) is 4.90. The van der Waals surface area contributed by atoms with Crippen LogP contribution in [0.2, 0.25) is 0 Å². The standard InChI is InChI=1S/C10H10F3N3O2/c11-10(12,13)6-16-8(17)5-15-9(18)7-2-1-3-14-4-7/h1-4H,5-6H2,(H,15,18)(H,16,17). The Morgan fingerprint density at radius 1 is 1.28 bits per heavy atom. The van der Waals surface area contributed by atoms with Crippen molar-refractivity contribution >= 4 is 11.8 Å². The lowest BCUT2D eigenvalue weighted by Gasteiger charge is -2.08. The fraction of sp³-hybridized carbons (Fsp3) is 0.300. The number of amides is 2. The van der Waals surface area contributed by atoms with E-state index in [0.29, 0.717) is 0 Å². The van der Waals surface area contributed by atoms with Gasteiger partial charge in [-0.1, -0.05) is 0 Å². The molecule has 0 aliphatic carbocycles. The van der Waals surface area contributed by atoms with Gasteiger partial charge in [-0.05, 0) is 12.1 Å². The Hall–Kier alpha value is -2.12. The number of carbonyl (C=O) groups is 2. The molecule has 1 heterocycles. The van der Waals surface area contributed by atoms with Crippen molar-refractivity contribution in [2.45, 2.75) is 6.18 Å². The summed E-state index contributed by atoms with van der Waals surface area (Å²) in [6.45, 7) is -1.95. The Morgan fingerprint density at radius 3 is 2.56 bits per heavy atom. The van der Waals surface area contributed by atoms with Crippen molar-refractivity contribution in [2.75, 3.05) is 13.1 Å². The molecule has 2 N–H and O–H groups in total. The molecule has 0 aliphatic heterocycles. The molecular weight excluding hydrogens is 251 g/mol. The van der Waals surface area contributed by atoms with Crippen LogP contribution in [0.25, 0.3) is 0 Å². The summed E-state index contributed by atoms with van der Waals surface area (Å²) in [6.07, 6.45) is -1.72. The third-order valence-electron chi connectivity index (χ3n) is 1.82. The van der Waals surface area contributed by atoms with Gasteiger partial charge < -0.3 is 10.6 Å². The van der Waals surface area contributed by atoms with E-state index in [0.717, 1.165) is 0 Å². The molecule has 1 rings (SSSR count). The maximum Gasteiger partial charge on any atom is 0.405 e. The molecule has 0 aliphatic rings. The van der Waals surface area contributed by atoms with Gasteiger partial charge >= 0.3 is 6.18 Å². The van der Waals surface area contributed by atoms with Crippen LogP contribution in [0, 0.1) is 0 Å². The average Bonchev–Trinajstić information content (AvgIpc) is 2.33. The number of hydrogen-bond donors (Lipinski definition) is 2. The minimum atomic E-state index is -4.47. The van der Waals surface area contributed by atoms with Crippen molar-refractivity contribution in [1.29, 1.82) is 0 Å². The van der Waals surface area contributed by atoms with Gasteiger partial charge in [0.05, 0.1) is 12.1 Å². The highest BCUT2D eigenvalue weighted by atomic mass is 19.4. The van der Waals surface area contributed by atoms with E-state index in [1.807, 2.05) is 0 Å². The van der Waals surface area contributed by atoms with Gasteiger partial charge in [-0.2, -0.15) is 13.2 Å². The third-order valence-corrected chi connectivity index (χ3v) is 1.82. The Bertz CT molecular complexity index is 420. The van der Waals surface area contributed by atoms with Crippen LogP contribution in [0.5, 0.6) is 0 Å². The number of nitrogens with one attached hydrogen (secondary N) is 2. The van der Waals surface area contributed by atoms with E-state index in [9.17, 15) is 22.8 Å². The second kappa shape index (κ2) is 5.99. The number of alkyl halides is 3. The first kappa shape index (κ1) is 13.9. The van der Waals surface area contributed by atoms with E-state index in [2.05, 4.69) is 10.3 Å². The Balaban J connectivity index is 2.33. The predicted octanol–water partition coefficient (Wildman–Crippen LogP) is 0.490. The minimum absolute atomic E-state index is 0.223. The summed E-state index contributed by atoms with van der Waals surface area (Å²) >= 11 is 0. The highest BCUT2D eigenvalue weighted by molar-refractivity contribution is 5.96. The molecule has 8 heteroatoms. The van der Waals surface area contributed by atoms with Crippen LogP contribution in [-0.2, 0) is 4.79 Å². The van der Waals surface area contributed by atoms with Crippen molar-refractivity contribution in [2.24, 2.45) is 0 Å². The second-order valence-electron chi connectivity index (χ2n) is 3.32. The van der Waals surface area contributed by atoms with Gasteiger partial charge in [-0.25, -0.2) is 0 Å². The summed E-state index contributed by atoms with van der Waals surface area (Å²) in [4.78, 5) is 26.1. The number of halogens is 3. The van der Waals surface area contributed by atoms with E-state index in [4.69, 9.17) is 0 Å². The second-order valence-corrected chi connectivity index (χ2v) is 3.32. The van der Waals surface area contributed by atoms with E-state index in [1.54, 1.807) is 5.32 Å². The normalized spacial score (nSPS) is 10.8. The Kier molecular flexibility index (Phi) is 4.64. The van der Waals surface area contributed by atoms with E-state index >= 15 is 0 Å². The fourth-order valence-electron chi connectivity index (χ4n) is 1.02. The molecule has 98 valence electrons. The Labute approximate surface area is 100 Å². The number of pyridine rings is 1. The van der Waals surface area contributed by atoms with Crippen molar-refractivity contribution in [3.63, 3.8) is 0 Å². The SMILES string of the molecule is O=C(CNC(=O)c1cccnc1)NCC(F)(F)F. The molecule has 1 aromatic rings. The maximum absolute atomic E-state index is 11.8. The van der Waals surface area contributed by atoms with Crippen LogP contribution in [0.3, 0.4) is 0 Å². The van der Waals surface area contributed by atoms with Crippen LogP contribution in [0.1, 0.15) is 10.4 Å². The number of hydrogen-bond acceptors (Lipinski definition) is 3. The van der Waals surface area contributed by atoms with Crippen LogP contribution < -0.4 is 10.6 Å². The molecule has 1 aromatic heterocycles. The zero-order valence-electron chi connectivity index (χ0n) is 9.12. The van der Waals surface area contributed by atoms with E-state index < -0.39 is 31.1 Å². The Morgan fingerprint density at radius 2 is 2.00 bits per heavy atom. The first-order chi connectivity index (χ1) is 8.38. The van der Waals surface area contributed by atoms with Crippen molar-refractivity contribution in [3.8, 4) is 0 Å². The summed E-state index contributed by atoms with van der Waals surface area (Å²) in [5.74, 6) is -1.49. The van der Waals surface area contributed by atoms with Gasteiger partial charge in [0.2, 0.25) is 5.91 Å². The van der Waals surface area contributed by atoms with Crippen molar-refractivity contribution in [1.82, 2.24) is 15.6 Å². The zero-order valence-corrected chi connectivity index (χ0v) is 9.12. The summed E-state index contributed by atoms with van der Waals surface area (Å²) in [5, 5.41) is 3.81. The first-order valence-corrected chi connectivity index (χ1v) is 4.90. The van der Waals surface area contributed by atoms with Crippen LogP contribution in [0.15, 0.2) is 24.5 Å². The maximum atomic E-state index is 11.8. The monoisotopic (exact) mass is 261 g/mol. The van der Waals surface area contributed by atoms with Crippen molar-refractivity contribution < 1.29 is 22.8 Å². The molecule has 0 saturated heterocycles. The molecular formula is C10H10F3N3O2. The predicted molar refractivity (Wildman–Crippen MR) is 55.6 cm³/mol. The quantitative estimate of drug-likeness (QED) is 0.828. The molecule has 0 saturated carbocycles. The molecule has 0 aromatic carbocycles. The summed E-state index contributed by atoms with van der Waals surface area (Å²) in [5.41, 5.74) is 0.223.